The van der Waals surface area contributed by atoms with E-state index in [1.165, 1.54) is 75.8 Å². The minimum atomic E-state index is 0.883. The predicted octanol–water partition coefficient (Wildman–Crippen LogP) is 3.84. The molecule has 0 atom stereocenters. The molecule has 1 saturated heterocycles. The molecular formula is C19H30N2. The van der Waals surface area contributed by atoms with Crippen molar-refractivity contribution in [2.24, 2.45) is 0 Å². The lowest BCUT2D eigenvalue weighted by atomic mass is 10.1. The van der Waals surface area contributed by atoms with E-state index in [9.17, 15) is 0 Å². The fraction of sp³-hybridized carbons (Fsp3) is 0.684. The molecule has 2 aliphatic rings. The molecule has 0 aromatic heterocycles. The highest BCUT2D eigenvalue weighted by molar-refractivity contribution is 5.22. The van der Waals surface area contributed by atoms with Gasteiger partial charge in [0.05, 0.1) is 0 Å². The topological polar surface area (TPSA) is 6.48 Å². The van der Waals surface area contributed by atoms with Crippen LogP contribution in [-0.4, -0.2) is 42.0 Å². The van der Waals surface area contributed by atoms with Crippen molar-refractivity contribution in [2.45, 2.75) is 58.0 Å². The van der Waals surface area contributed by atoms with Crippen LogP contribution in [0, 0.1) is 6.92 Å². The smallest absolute Gasteiger partial charge is 0.0234 e. The maximum Gasteiger partial charge on any atom is 0.0234 e. The number of hydrogen-bond acceptors (Lipinski definition) is 2. The number of nitrogens with zero attached hydrogens (tertiary/aromatic N) is 2. The Morgan fingerprint density at radius 3 is 2.33 bits per heavy atom. The largest absolute Gasteiger partial charge is 0.298 e. The SMILES string of the molecule is Cc1cccc(CN2CCN(C3CCCCCC3)CC2)c1. The van der Waals surface area contributed by atoms with E-state index in [4.69, 9.17) is 0 Å². The van der Waals surface area contributed by atoms with Crippen LogP contribution in [0.3, 0.4) is 0 Å². The van der Waals surface area contributed by atoms with Gasteiger partial charge in [0.1, 0.15) is 0 Å². The average molecular weight is 286 g/mol. The van der Waals surface area contributed by atoms with Crippen molar-refractivity contribution in [3.8, 4) is 0 Å². The Labute approximate surface area is 130 Å². The molecule has 0 unspecified atom stereocenters. The number of aryl methyl sites for hydroxylation is 1. The van der Waals surface area contributed by atoms with E-state index in [0.717, 1.165) is 12.6 Å². The van der Waals surface area contributed by atoms with Crippen LogP contribution >= 0.6 is 0 Å². The molecule has 116 valence electrons. The van der Waals surface area contributed by atoms with E-state index in [-0.39, 0.29) is 0 Å². The van der Waals surface area contributed by atoms with Gasteiger partial charge < -0.3 is 0 Å². The molecule has 1 aliphatic carbocycles. The molecule has 0 amide bonds. The zero-order valence-electron chi connectivity index (χ0n) is 13.6. The van der Waals surface area contributed by atoms with Gasteiger partial charge in [0.25, 0.3) is 0 Å². The minimum Gasteiger partial charge on any atom is -0.298 e. The number of piperazine rings is 1. The summed E-state index contributed by atoms with van der Waals surface area (Å²) in [5.74, 6) is 0. The van der Waals surface area contributed by atoms with Crippen LogP contribution < -0.4 is 0 Å². The molecule has 21 heavy (non-hydrogen) atoms. The lowest BCUT2D eigenvalue weighted by Crippen LogP contribution is -2.49. The molecule has 2 nitrogen and oxygen atoms in total. The third kappa shape index (κ3) is 4.31. The molecule has 1 aromatic carbocycles. The van der Waals surface area contributed by atoms with Gasteiger partial charge in [-0.1, -0.05) is 55.5 Å². The van der Waals surface area contributed by atoms with Gasteiger partial charge in [0, 0.05) is 38.8 Å². The van der Waals surface area contributed by atoms with E-state index in [1.54, 1.807) is 0 Å². The second-order valence-electron chi connectivity index (χ2n) is 6.95. The standard InChI is InChI=1S/C19H30N2/c1-17-7-6-8-18(15-17)16-20-11-13-21(14-12-20)19-9-4-2-3-5-10-19/h6-8,15,19H,2-5,9-14,16H2,1H3. The second-order valence-corrected chi connectivity index (χ2v) is 6.95. The van der Waals surface area contributed by atoms with Gasteiger partial charge in [-0.15, -0.1) is 0 Å². The summed E-state index contributed by atoms with van der Waals surface area (Å²) in [5.41, 5.74) is 2.85. The highest BCUT2D eigenvalue weighted by Gasteiger charge is 2.24. The molecule has 2 fully saturated rings. The Bertz CT molecular complexity index is 427. The first-order valence-corrected chi connectivity index (χ1v) is 8.83. The Hall–Kier alpha value is -0.860. The van der Waals surface area contributed by atoms with Gasteiger partial charge in [-0.25, -0.2) is 0 Å². The third-order valence-electron chi connectivity index (χ3n) is 5.24. The number of benzene rings is 1. The highest BCUT2D eigenvalue weighted by atomic mass is 15.3. The summed E-state index contributed by atoms with van der Waals surface area (Å²) >= 11 is 0. The van der Waals surface area contributed by atoms with Gasteiger partial charge in [-0.05, 0) is 25.3 Å². The zero-order chi connectivity index (χ0) is 14.5. The van der Waals surface area contributed by atoms with Crippen molar-refractivity contribution in [1.82, 2.24) is 9.80 Å². The van der Waals surface area contributed by atoms with Crippen molar-refractivity contribution in [1.29, 1.82) is 0 Å². The van der Waals surface area contributed by atoms with E-state index in [1.807, 2.05) is 0 Å². The third-order valence-corrected chi connectivity index (χ3v) is 5.24. The monoisotopic (exact) mass is 286 g/mol. The van der Waals surface area contributed by atoms with Crippen LogP contribution in [0.25, 0.3) is 0 Å². The maximum atomic E-state index is 2.78. The number of hydrogen-bond donors (Lipinski definition) is 0. The van der Waals surface area contributed by atoms with Gasteiger partial charge >= 0.3 is 0 Å². The van der Waals surface area contributed by atoms with Crippen molar-refractivity contribution < 1.29 is 0 Å². The zero-order valence-corrected chi connectivity index (χ0v) is 13.6. The quantitative estimate of drug-likeness (QED) is 0.779. The van der Waals surface area contributed by atoms with E-state index in [0.29, 0.717) is 0 Å². The summed E-state index contributed by atoms with van der Waals surface area (Å²) in [7, 11) is 0. The first kappa shape index (κ1) is 15.1. The molecule has 3 rings (SSSR count). The van der Waals surface area contributed by atoms with Crippen molar-refractivity contribution >= 4 is 0 Å². The Kier molecular flexibility index (Phi) is 5.32. The van der Waals surface area contributed by atoms with Gasteiger partial charge in [0.15, 0.2) is 0 Å². The summed E-state index contributed by atoms with van der Waals surface area (Å²) in [6.45, 7) is 8.34. The van der Waals surface area contributed by atoms with Crippen molar-refractivity contribution in [3.63, 3.8) is 0 Å². The molecule has 2 heteroatoms. The molecule has 1 heterocycles. The Morgan fingerprint density at radius 1 is 0.952 bits per heavy atom. The molecule has 0 N–H and O–H groups in total. The van der Waals surface area contributed by atoms with Gasteiger partial charge in [-0.3, -0.25) is 9.80 Å². The van der Waals surface area contributed by atoms with Gasteiger partial charge in [0.2, 0.25) is 0 Å². The molecule has 0 bridgehead atoms. The molecule has 1 aliphatic heterocycles. The fourth-order valence-corrected chi connectivity index (χ4v) is 3.98. The first-order valence-electron chi connectivity index (χ1n) is 8.83. The predicted molar refractivity (Wildman–Crippen MR) is 89.5 cm³/mol. The Balaban J connectivity index is 1.48. The van der Waals surface area contributed by atoms with Crippen LogP contribution in [-0.2, 0) is 6.54 Å². The molecular weight excluding hydrogens is 256 g/mol. The number of rotatable bonds is 3. The van der Waals surface area contributed by atoms with Crippen LogP contribution in [0.1, 0.15) is 49.7 Å². The van der Waals surface area contributed by atoms with Crippen LogP contribution in [0.5, 0.6) is 0 Å². The average Bonchev–Trinajstić information content (AvgIpc) is 2.77. The van der Waals surface area contributed by atoms with Crippen molar-refractivity contribution in [3.05, 3.63) is 35.4 Å². The lowest BCUT2D eigenvalue weighted by Gasteiger charge is -2.39. The molecule has 1 aromatic rings. The highest BCUT2D eigenvalue weighted by Crippen LogP contribution is 2.23. The fourth-order valence-electron chi connectivity index (χ4n) is 3.98. The maximum absolute atomic E-state index is 2.78. The summed E-state index contributed by atoms with van der Waals surface area (Å²) in [4.78, 5) is 5.40. The van der Waals surface area contributed by atoms with E-state index < -0.39 is 0 Å². The van der Waals surface area contributed by atoms with E-state index in [2.05, 4.69) is 41.0 Å². The lowest BCUT2D eigenvalue weighted by molar-refractivity contribution is 0.0851. The molecule has 1 saturated carbocycles. The van der Waals surface area contributed by atoms with E-state index >= 15 is 0 Å². The summed E-state index contributed by atoms with van der Waals surface area (Å²) in [6, 6.07) is 9.86. The van der Waals surface area contributed by atoms with Crippen LogP contribution in [0.4, 0.5) is 0 Å². The summed E-state index contributed by atoms with van der Waals surface area (Å²) in [5, 5.41) is 0. The molecule has 0 radical (unpaired) electrons. The van der Waals surface area contributed by atoms with Crippen LogP contribution in [0.15, 0.2) is 24.3 Å². The first-order chi connectivity index (χ1) is 10.3. The summed E-state index contributed by atoms with van der Waals surface area (Å²) < 4.78 is 0. The summed E-state index contributed by atoms with van der Waals surface area (Å²) in [6.07, 6.45) is 8.71. The second kappa shape index (κ2) is 7.42. The Morgan fingerprint density at radius 2 is 1.67 bits per heavy atom. The minimum absolute atomic E-state index is 0.883. The van der Waals surface area contributed by atoms with Crippen molar-refractivity contribution in [2.75, 3.05) is 26.2 Å². The molecule has 0 spiro atoms. The van der Waals surface area contributed by atoms with Crippen LogP contribution in [0.2, 0.25) is 0 Å². The van der Waals surface area contributed by atoms with Gasteiger partial charge in [-0.2, -0.15) is 0 Å². The normalized spacial score (nSPS) is 23.1.